The molecule has 1 saturated carbocycles. The first-order valence-electron chi connectivity index (χ1n) is 9.36. The molecule has 1 aliphatic rings. The lowest BCUT2D eigenvalue weighted by atomic mass is 9.90. The number of nitriles is 1. The zero-order valence-corrected chi connectivity index (χ0v) is 15.7. The smallest absolute Gasteiger partial charge is 0.292 e. The molecule has 0 unspecified atom stereocenters. The zero-order valence-electron chi connectivity index (χ0n) is 15.7. The zero-order chi connectivity index (χ0) is 20.8. The molecule has 9 heteroatoms. The first-order valence-corrected chi connectivity index (χ1v) is 9.36. The number of carbonyl (C=O) groups excluding carboxylic acids is 1. The number of rotatable bonds is 6. The molecule has 9 nitrogen and oxygen atoms in total. The van der Waals surface area contributed by atoms with E-state index in [1.165, 1.54) is 30.5 Å². The van der Waals surface area contributed by atoms with Crippen LogP contribution in [0.4, 0.5) is 11.4 Å². The number of H-pyrrole nitrogens is 1. The minimum absolute atomic E-state index is 0.0370. The maximum absolute atomic E-state index is 12.2. The van der Waals surface area contributed by atoms with Gasteiger partial charge in [-0.05, 0) is 43.4 Å². The molecule has 2 aromatic rings. The quantitative estimate of drug-likeness (QED) is 0.506. The van der Waals surface area contributed by atoms with Crippen molar-refractivity contribution in [1.29, 1.82) is 5.26 Å². The van der Waals surface area contributed by atoms with Crippen molar-refractivity contribution < 1.29 is 9.72 Å². The van der Waals surface area contributed by atoms with Crippen LogP contribution in [-0.4, -0.2) is 27.9 Å². The number of hydrogen-bond donors (Lipinski definition) is 3. The molecule has 0 spiro atoms. The average molecular weight is 395 g/mol. The van der Waals surface area contributed by atoms with E-state index in [1.54, 1.807) is 6.07 Å². The summed E-state index contributed by atoms with van der Waals surface area (Å²) in [6.45, 7) is 0. The highest BCUT2D eigenvalue weighted by Gasteiger charge is 2.24. The second-order valence-corrected chi connectivity index (χ2v) is 7.10. The second kappa shape index (κ2) is 9.01. The van der Waals surface area contributed by atoms with E-state index >= 15 is 0 Å². The van der Waals surface area contributed by atoms with Gasteiger partial charge in [0.25, 0.3) is 5.69 Å². The number of nitro groups is 1. The van der Waals surface area contributed by atoms with E-state index in [4.69, 9.17) is 5.26 Å². The van der Waals surface area contributed by atoms with Gasteiger partial charge in [0.1, 0.15) is 5.69 Å². The van der Waals surface area contributed by atoms with Crippen molar-refractivity contribution >= 4 is 17.3 Å². The van der Waals surface area contributed by atoms with Gasteiger partial charge in [-0.25, -0.2) is 0 Å². The maximum atomic E-state index is 12.2. The third-order valence-electron chi connectivity index (χ3n) is 4.99. The van der Waals surface area contributed by atoms with E-state index in [0.29, 0.717) is 11.3 Å². The lowest BCUT2D eigenvalue weighted by Crippen LogP contribution is -2.40. The fraction of sp³-hybridized carbons (Fsp3) is 0.350. The van der Waals surface area contributed by atoms with Gasteiger partial charge >= 0.3 is 0 Å². The molecule has 1 fully saturated rings. The number of amides is 1. The number of aromatic nitrogens is 1. The van der Waals surface area contributed by atoms with E-state index in [0.717, 1.165) is 31.2 Å². The van der Waals surface area contributed by atoms with Crippen LogP contribution >= 0.6 is 0 Å². The number of benzene rings is 1. The number of nitrogens with one attached hydrogen (secondary N) is 3. The molecule has 3 rings (SSSR count). The minimum Gasteiger partial charge on any atom is -0.377 e. The van der Waals surface area contributed by atoms with Crippen molar-refractivity contribution in [3.63, 3.8) is 0 Å². The molecule has 1 aromatic carbocycles. The van der Waals surface area contributed by atoms with Gasteiger partial charge in [-0.2, -0.15) is 5.26 Å². The third-order valence-corrected chi connectivity index (χ3v) is 4.99. The van der Waals surface area contributed by atoms with Crippen LogP contribution in [0.25, 0.3) is 0 Å². The number of nitrogens with zero attached hydrogens (tertiary/aromatic N) is 2. The molecule has 29 heavy (non-hydrogen) atoms. The van der Waals surface area contributed by atoms with E-state index < -0.39 is 4.92 Å². The summed E-state index contributed by atoms with van der Waals surface area (Å²) in [7, 11) is 0. The predicted molar refractivity (Wildman–Crippen MR) is 106 cm³/mol. The van der Waals surface area contributed by atoms with Crippen LogP contribution in [0.1, 0.15) is 36.8 Å². The molecular formula is C20H21N5O4. The van der Waals surface area contributed by atoms with Crippen LogP contribution in [0, 0.1) is 21.4 Å². The van der Waals surface area contributed by atoms with Crippen LogP contribution in [-0.2, 0) is 11.2 Å². The fourth-order valence-electron chi connectivity index (χ4n) is 3.50. The number of pyridine rings is 1. The van der Waals surface area contributed by atoms with Crippen molar-refractivity contribution in [2.45, 2.75) is 44.2 Å². The molecule has 0 atom stereocenters. The van der Waals surface area contributed by atoms with Crippen molar-refractivity contribution in [1.82, 2.24) is 10.3 Å². The Morgan fingerprint density at radius 1 is 1.21 bits per heavy atom. The number of anilines is 1. The molecule has 0 saturated heterocycles. The first-order chi connectivity index (χ1) is 13.9. The summed E-state index contributed by atoms with van der Waals surface area (Å²) in [6.07, 6.45) is 4.73. The first kappa shape index (κ1) is 20.1. The van der Waals surface area contributed by atoms with E-state index in [1.807, 2.05) is 6.07 Å². The maximum Gasteiger partial charge on any atom is 0.292 e. The number of nitro benzene ring substituents is 1. The molecule has 0 radical (unpaired) electrons. The summed E-state index contributed by atoms with van der Waals surface area (Å²) >= 11 is 0. The van der Waals surface area contributed by atoms with Crippen LogP contribution in [0.5, 0.6) is 0 Å². The predicted octanol–water partition coefficient (Wildman–Crippen LogP) is 2.24. The van der Waals surface area contributed by atoms with Crippen LogP contribution in [0.15, 0.2) is 41.3 Å². The van der Waals surface area contributed by atoms with Crippen molar-refractivity contribution in [3.8, 4) is 6.07 Å². The standard InChI is InChI=1S/C20H21N5O4/c21-11-13-1-7-18(25(28)29)17(9-13)23-15-3-5-16(6-4-15)24-20(27)10-14-2-8-19(26)22-12-14/h1-2,7-9,12,15-16,23H,3-6,10H2,(H,22,26)(H,24,27). The van der Waals surface area contributed by atoms with E-state index in [2.05, 4.69) is 15.6 Å². The Morgan fingerprint density at radius 2 is 1.93 bits per heavy atom. The Hall–Kier alpha value is -3.67. The summed E-state index contributed by atoms with van der Waals surface area (Å²) in [4.78, 5) is 36.6. The molecule has 1 aromatic heterocycles. The second-order valence-electron chi connectivity index (χ2n) is 7.10. The van der Waals surface area contributed by atoms with Crippen LogP contribution < -0.4 is 16.2 Å². The van der Waals surface area contributed by atoms with Crippen LogP contribution in [0.2, 0.25) is 0 Å². The summed E-state index contributed by atoms with van der Waals surface area (Å²) in [5, 5.41) is 26.4. The Balaban J connectivity index is 1.52. The molecule has 1 aliphatic carbocycles. The lowest BCUT2D eigenvalue weighted by Gasteiger charge is -2.30. The number of aromatic amines is 1. The summed E-state index contributed by atoms with van der Waals surface area (Å²) in [5.41, 5.74) is 1.18. The van der Waals surface area contributed by atoms with Crippen molar-refractivity contribution in [2.75, 3.05) is 5.32 Å². The lowest BCUT2D eigenvalue weighted by molar-refractivity contribution is -0.384. The Bertz CT molecular complexity index is 982. The molecule has 1 heterocycles. The van der Waals surface area contributed by atoms with Crippen LogP contribution in [0.3, 0.4) is 0 Å². The summed E-state index contributed by atoms with van der Waals surface area (Å²) in [6, 6.07) is 9.35. The molecular weight excluding hydrogens is 374 g/mol. The largest absolute Gasteiger partial charge is 0.377 e. The Labute approximate surface area is 166 Å². The van der Waals surface area contributed by atoms with Gasteiger partial charge in [0.15, 0.2) is 0 Å². The number of carbonyl (C=O) groups is 1. The molecule has 150 valence electrons. The normalized spacial score (nSPS) is 18.4. The number of hydrogen-bond acceptors (Lipinski definition) is 6. The van der Waals surface area contributed by atoms with Gasteiger partial charge in [0.2, 0.25) is 11.5 Å². The highest BCUT2D eigenvalue weighted by molar-refractivity contribution is 5.78. The van der Waals surface area contributed by atoms with E-state index in [9.17, 15) is 19.7 Å². The highest BCUT2D eigenvalue weighted by Crippen LogP contribution is 2.29. The van der Waals surface area contributed by atoms with Gasteiger partial charge in [-0.1, -0.05) is 6.07 Å². The molecule has 0 bridgehead atoms. The highest BCUT2D eigenvalue weighted by atomic mass is 16.6. The topological polar surface area (TPSA) is 141 Å². The van der Waals surface area contributed by atoms with Gasteiger partial charge in [-0.15, -0.1) is 0 Å². The van der Waals surface area contributed by atoms with Crippen molar-refractivity contribution in [3.05, 3.63) is 68.1 Å². The Morgan fingerprint density at radius 3 is 2.55 bits per heavy atom. The third kappa shape index (κ3) is 5.42. The monoisotopic (exact) mass is 395 g/mol. The van der Waals surface area contributed by atoms with Gasteiger partial charge in [-0.3, -0.25) is 19.7 Å². The van der Waals surface area contributed by atoms with Gasteiger partial charge in [0, 0.05) is 30.4 Å². The molecule has 1 amide bonds. The van der Waals surface area contributed by atoms with Gasteiger partial charge < -0.3 is 15.6 Å². The average Bonchev–Trinajstić information content (AvgIpc) is 2.71. The summed E-state index contributed by atoms with van der Waals surface area (Å²) < 4.78 is 0. The molecule has 3 N–H and O–H groups in total. The van der Waals surface area contributed by atoms with E-state index in [-0.39, 0.29) is 35.7 Å². The minimum atomic E-state index is -0.466. The van der Waals surface area contributed by atoms with Crippen molar-refractivity contribution in [2.24, 2.45) is 0 Å². The summed E-state index contributed by atoms with van der Waals surface area (Å²) in [5.74, 6) is -0.106. The SMILES string of the molecule is N#Cc1ccc([N+](=O)[O-])c(NC2CCC(NC(=O)Cc3ccc(=O)[nH]c3)CC2)c1. The molecule has 0 aliphatic heterocycles. The Kier molecular flexibility index (Phi) is 6.24. The van der Waals surface area contributed by atoms with Gasteiger partial charge in [0.05, 0.1) is 23.0 Å². The fourth-order valence-corrected chi connectivity index (χ4v) is 3.50.